The standard InChI is InChI=1S/C30H48N10O18/c31-25(53)13(1-7-19(41)42)33-26(54)14(2-8-20(43)44)35-29(57)18(6-12-24(51)52)38-40-39-30(58)16(4-10-22(47)48)36-27(55)15(3-9-21(45)46)34-28(56)17(37-32)5-11-23(49)50/h13-18,37-38,40H,1-12,32H2,(H2,31,53)(H,33,54)(H,34,56)(H,35,57)(H,36,55)(H,39,58)(H,41,42)(H,43,44)(H,45,46)(H,47,48)(H,49,50)(H,51,52). The van der Waals surface area contributed by atoms with Gasteiger partial charge in [0.25, 0.3) is 5.91 Å². The summed E-state index contributed by atoms with van der Waals surface area (Å²) in [7, 11) is 0. The first-order chi connectivity index (χ1) is 27.1. The summed E-state index contributed by atoms with van der Waals surface area (Å²) in [6.45, 7) is 0. The number of rotatable bonds is 32. The van der Waals surface area contributed by atoms with Crippen LogP contribution in [0.5, 0.6) is 0 Å². The summed E-state index contributed by atoms with van der Waals surface area (Å²) in [5, 5.41) is 63.1. The van der Waals surface area contributed by atoms with E-state index in [1.807, 2.05) is 5.43 Å². The summed E-state index contributed by atoms with van der Waals surface area (Å²) in [6, 6.07) is -9.69. The number of carbonyl (C=O) groups is 12. The first-order valence-corrected chi connectivity index (χ1v) is 17.2. The number of primary amides is 1. The number of hydrogen-bond donors (Lipinski definition) is 16. The van der Waals surface area contributed by atoms with E-state index in [0.29, 0.717) is 0 Å². The Morgan fingerprint density at radius 3 is 0.966 bits per heavy atom. The van der Waals surface area contributed by atoms with Crippen molar-refractivity contribution in [3.63, 3.8) is 0 Å². The Morgan fingerprint density at radius 2 is 0.638 bits per heavy atom. The third-order valence-corrected chi connectivity index (χ3v) is 7.71. The second-order valence-corrected chi connectivity index (χ2v) is 12.3. The van der Waals surface area contributed by atoms with Crippen LogP contribution in [-0.4, -0.2) is 138 Å². The van der Waals surface area contributed by atoms with E-state index in [-0.39, 0.29) is 6.42 Å². The molecule has 6 unspecified atom stereocenters. The van der Waals surface area contributed by atoms with Gasteiger partial charge < -0.3 is 57.6 Å². The fraction of sp³-hybridized carbons (Fsp3) is 0.600. The van der Waals surface area contributed by atoms with E-state index >= 15 is 0 Å². The van der Waals surface area contributed by atoms with Gasteiger partial charge in [-0.25, -0.2) is 10.9 Å². The lowest BCUT2D eigenvalue weighted by Gasteiger charge is -2.26. The maximum absolute atomic E-state index is 13.2. The molecule has 0 heterocycles. The van der Waals surface area contributed by atoms with Crippen molar-refractivity contribution in [2.75, 3.05) is 0 Å². The largest absolute Gasteiger partial charge is 0.481 e. The zero-order chi connectivity index (χ0) is 44.5. The zero-order valence-corrected chi connectivity index (χ0v) is 30.7. The topological polar surface area (TPSA) is 474 Å². The third kappa shape index (κ3) is 22.8. The number of nitrogens with one attached hydrogen (secondary N) is 8. The van der Waals surface area contributed by atoms with Crippen LogP contribution in [-0.2, 0) is 57.5 Å². The highest BCUT2D eigenvalue weighted by Crippen LogP contribution is 2.07. The van der Waals surface area contributed by atoms with Crippen molar-refractivity contribution in [3.8, 4) is 0 Å². The van der Waals surface area contributed by atoms with Crippen LogP contribution in [0, 0.1) is 0 Å². The number of carboxylic acid groups (broad SMARTS) is 6. The number of carbonyl (C=O) groups excluding carboxylic acids is 6. The molecule has 0 aromatic heterocycles. The summed E-state index contributed by atoms with van der Waals surface area (Å²) in [4.78, 5) is 144. The molecule has 28 nitrogen and oxygen atoms in total. The molecule has 0 saturated heterocycles. The highest BCUT2D eigenvalue weighted by atomic mass is 16.4. The minimum atomic E-state index is -1.74. The predicted molar refractivity (Wildman–Crippen MR) is 187 cm³/mol. The van der Waals surface area contributed by atoms with Crippen LogP contribution in [0.15, 0.2) is 0 Å². The maximum atomic E-state index is 13.2. The van der Waals surface area contributed by atoms with Gasteiger partial charge in [-0.15, -0.1) is 0 Å². The van der Waals surface area contributed by atoms with E-state index < -0.39 is 178 Å². The number of hydrazine groups is 3. The Labute approximate surface area is 327 Å². The first kappa shape index (κ1) is 51.5. The van der Waals surface area contributed by atoms with Crippen LogP contribution in [0.2, 0.25) is 0 Å². The maximum Gasteiger partial charge on any atom is 0.303 e. The van der Waals surface area contributed by atoms with E-state index in [9.17, 15) is 67.7 Å². The van der Waals surface area contributed by atoms with Gasteiger partial charge in [-0.2, -0.15) is 5.53 Å². The highest BCUT2D eigenvalue weighted by Gasteiger charge is 2.32. The minimum absolute atomic E-state index is 0.348. The summed E-state index contributed by atoms with van der Waals surface area (Å²) in [5.41, 5.74) is 13.6. The summed E-state index contributed by atoms with van der Waals surface area (Å²) in [6.07, 6.45) is -7.11. The monoisotopic (exact) mass is 836 g/mol. The Hall–Kier alpha value is -6.52. The molecule has 0 rings (SSSR count). The Kier molecular flexibility index (Phi) is 24.1. The van der Waals surface area contributed by atoms with Crippen molar-refractivity contribution in [1.82, 2.24) is 43.1 Å². The molecule has 6 atom stereocenters. The number of amides is 6. The molecule has 18 N–H and O–H groups in total. The lowest BCUT2D eigenvalue weighted by Crippen LogP contribution is -2.62. The summed E-state index contributed by atoms with van der Waals surface area (Å²) < 4.78 is 0. The van der Waals surface area contributed by atoms with Gasteiger partial charge in [0.2, 0.25) is 29.5 Å². The van der Waals surface area contributed by atoms with Crippen molar-refractivity contribution >= 4 is 71.3 Å². The molecule has 0 bridgehead atoms. The SMILES string of the molecule is NNC(CCC(=O)O)C(=O)NC(CCC(=O)O)C(=O)NC(CCC(=O)O)C(=O)NNNC(CCC(=O)O)C(=O)NC(CCC(=O)O)C(=O)NC(CCC(=O)O)C(N)=O. The number of hydrogen-bond acceptors (Lipinski definition) is 16. The molecule has 6 amide bonds. The summed E-state index contributed by atoms with van der Waals surface area (Å²) >= 11 is 0. The van der Waals surface area contributed by atoms with Gasteiger partial charge >= 0.3 is 35.8 Å². The molecule has 58 heavy (non-hydrogen) atoms. The average molecular weight is 837 g/mol. The van der Waals surface area contributed by atoms with E-state index in [4.69, 9.17) is 32.0 Å². The molecule has 28 heteroatoms. The lowest BCUT2D eigenvalue weighted by atomic mass is 10.1. The molecule has 0 saturated carbocycles. The molecular formula is C30H48N10O18. The van der Waals surface area contributed by atoms with Crippen LogP contribution in [0.4, 0.5) is 0 Å². The van der Waals surface area contributed by atoms with E-state index in [1.165, 1.54) is 0 Å². The first-order valence-electron chi connectivity index (χ1n) is 17.2. The van der Waals surface area contributed by atoms with E-state index in [0.717, 1.165) is 0 Å². The molecule has 0 fully saturated rings. The fourth-order valence-electron chi connectivity index (χ4n) is 4.62. The molecular weight excluding hydrogens is 788 g/mol. The normalized spacial score (nSPS) is 13.8. The van der Waals surface area contributed by atoms with E-state index in [2.05, 4.69) is 37.7 Å². The van der Waals surface area contributed by atoms with Gasteiger partial charge in [0.05, 0.1) is 0 Å². The fourth-order valence-corrected chi connectivity index (χ4v) is 4.62. The number of nitrogens with two attached hydrogens (primary N) is 2. The number of aliphatic carboxylic acids is 6. The van der Waals surface area contributed by atoms with Crippen LogP contribution < -0.4 is 54.7 Å². The van der Waals surface area contributed by atoms with Crippen LogP contribution in [0.3, 0.4) is 0 Å². The quantitative estimate of drug-likeness (QED) is 0.0221. The molecule has 326 valence electrons. The highest BCUT2D eigenvalue weighted by molar-refractivity contribution is 5.94. The molecule has 0 spiro atoms. The van der Waals surface area contributed by atoms with Crippen LogP contribution >= 0.6 is 0 Å². The smallest absolute Gasteiger partial charge is 0.303 e. The molecule has 0 aromatic carbocycles. The van der Waals surface area contributed by atoms with Gasteiger partial charge in [-0.05, 0) is 38.5 Å². The van der Waals surface area contributed by atoms with Crippen LogP contribution in [0.25, 0.3) is 0 Å². The van der Waals surface area contributed by atoms with Gasteiger partial charge in [-0.1, -0.05) is 0 Å². The lowest BCUT2D eigenvalue weighted by molar-refractivity contribution is -0.140. The molecule has 0 aliphatic carbocycles. The average Bonchev–Trinajstić information content (AvgIpc) is 3.12. The van der Waals surface area contributed by atoms with Gasteiger partial charge in [0, 0.05) is 38.5 Å². The molecule has 0 aliphatic heterocycles. The number of carboxylic acids is 6. The second kappa shape index (κ2) is 27.1. The Balaban J connectivity index is 6.11. The molecule has 0 aromatic rings. The predicted octanol–water partition coefficient (Wildman–Crippen LogP) is -6.07. The van der Waals surface area contributed by atoms with Gasteiger partial charge in [-0.3, -0.25) is 68.8 Å². The minimum Gasteiger partial charge on any atom is -0.481 e. The van der Waals surface area contributed by atoms with Crippen LogP contribution in [0.1, 0.15) is 77.0 Å². The van der Waals surface area contributed by atoms with E-state index in [1.54, 1.807) is 0 Å². The molecule has 0 aliphatic rings. The van der Waals surface area contributed by atoms with Crippen molar-refractivity contribution < 1.29 is 88.2 Å². The van der Waals surface area contributed by atoms with Gasteiger partial charge in [0.15, 0.2) is 0 Å². The van der Waals surface area contributed by atoms with Crippen molar-refractivity contribution in [1.29, 1.82) is 0 Å². The van der Waals surface area contributed by atoms with Crippen molar-refractivity contribution in [2.45, 2.75) is 113 Å². The zero-order valence-electron chi connectivity index (χ0n) is 30.7. The third-order valence-electron chi connectivity index (χ3n) is 7.71. The summed E-state index contributed by atoms with van der Waals surface area (Å²) in [5.74, 6) is -9.88. The van der Waals surface area contributed by atoms with Crippen molar-refractivity contribution in [3.05, 3.63) is 0 Å². The molecule has 0 radical (unpaired) electrons. The Bertz CT molecular complexity index is 1530. The van der Waals surface area contributed by atoms with Gasteiger partial charge in [0.1, 0.15) is 36.3 Å². The second-order valence-electron chi connectivity index (χ2n) is 12.3. The Morgan fingerprint density at radius 1 is 0.379 bits per heavy atom. The van der Waals surface area contributed by atoms with Crippen molar-refractivity contribution in [2.24, 2.45) is 11.6 Å².